The smallest absolute Gasteiger partial charge is 0.347 e. The quantitative estimate of drug-likeness (QED) is 0.177. The Labute approximate surface area is 203 Å². The lowest BCUT2D eigenvalue weighted by atomic mass is 10.1. The molecule has 1 atom stereocenters. The maximum absolute atomic E-state index is 13.5. The fraction of sp³-hybridized carbons (Fsp3) is 0.143. The van der Waals surface area contributed by atoms with Crippen LogP contribution in [0.15, 0.2) is 97.2 Å². The van der Waals surface area contributed by atoms with E-state index in [1.807, 2.05) is 66.7 Å². The van der Waals surface area contributed by atoms with Crippen molar-refractivity contribution in [3.8, 4) is 11.5 Å². The van der Waals surface area contributed by atoms with Crippen molar-refractivity contribution >= 4 is 5.91 Å². The van der Waals surface area contributed by atoms with Gasteiger partial charge in [0.2, 0.25) is 5.75 Å². The van der Waals surface area contributed by atoms with Crippen molar-refractivity contribution in [1.82, 2.24) is 0 Å². The summed E-state index contributed by atoms with van der Waals surface area (Å²) in [6, 6.07) is 27.9. The van der Waals surface area contributed by atoms with Crippen molar-refractivity contribution in [2.45, 2.75) is 26.3 Å². The van der Waals surface area contributed by atoms with Gasteiger partial charge < -0.3 is 14.7 Å². The van der Waals surface area contributed by atoms with E-state index in [1.165, 1.54) is 6.20 Å². The van der Waals surface area contributed by atoms with Crippen LogP contribution >= 0.6 is 0 Å². The Balaban J connectivity index is 1.42. The van der Waals surface area contributed by atoms with Gasteiger partial charge in [0, 0.05) is 10.3 Å². The fourth-order valence-corrected chi connectivity index (χ4v) is 4.18. The highest BCUT2D eigenvalue weighted by Gasteiger charge is 2.41. The molecule has 0 aliphatic carbocycles. The van der Waals surface area contributed by atoms with Gasteiger partial charge in [0.25, 0.3) is 11.9 Å². The molecule has 1 aliphatic rings. The Hall–Kier alpha value is -4.20. The first-order valence-electron chi connectivity index (χ1n) is 11.3. The van der Waals surface area contributed by atoms with E-state index in [9.17, 15) is 15.2 Å². The minimum atomic E-state index is -1.11. The molecule has 1 aromatic heterocycles. The van der Waals surface area contributed by atoms with Crippen molar-refractivity contribution in [2.24, 2.45) is 0 Å². The molecule has 2 heterocycles. The van der Waals surface area contributed by atoms with Crippen LogP contribution in [0.25, 0.3) is 0 Å². The summed E-state index contributed by atoms with van der Waals surface area (Å²) in [6.07, 6.45) is 1.37. The molecule has 4 aromatic rings. The van der Waals surface area contributed by atoms with Crippen LogP contribution in [0.4, 0.5) is 0 Å². The van der Waals surface area contributed by atoms with Gasteiger partial charge in [-0.2, -0.15) is 0 Å². The molecule has 3 aromatic carbocycles. The Morgan fingerprint density at radius 2 is 1.40 bits per heavy atom. The van der Waals surface area contributed by atoms with E-state index in [1.54, 1.807) is 24.3 Å². The summed E-state index contributed by atoms with van der Waals surface area (Å²) >= 11 is 0. The summed E-state index contributed by atoms with van der Waals surface area (Å²) in [5.41, 5.74) is 3.30. The molecule has 1 N–H and O–H groups in total. The van der Waals surface area contributed by atoms with E-state index in [-0.39, 0.29) is 32.0 Å². The second kappa shape index (κ2) is 9.58. The zero-order chi connectivity index (χ0) is 24.3. The molecular formula is C28H25N2O5+. The number of hydrogen-bond acceptors (Lipinski definition) is 5. The summed E-state index contributed by atoms with van der Waals surface area (Å²) < 4.78 is 11.7. The van der Waals surface area contributed by atoms with Crippen LogP contribution in [0.3, 0.4) is 0 Å². The van der Waals surface area contributed by atoms with Crippen molar-refractivity contribution in [1.29, 1.82) is 0 Å². The number of aromatic nitrogens is 1. The lowest BCUT2D eigenvalue weighted by Gasteiger charge is -2.33. The van der Waals surface area contributed by atoms with E-state index in [4.69, 9.17) is 9.47 Å². The van der Waals surface area contributed by atoms with Crippen molar-refractivity contribution in [2.75, 3.05) is 0 Å². The second-order valence-corrected chi connectivity index (χ2v) is 8.55. The topological polar surface area (TPSA) is 82.7 Å². The summed E-state index contributed by atoms with van der Waals surface area (Å²) in [4.78, 5) is 12.9. The molecule has 1 aliphatic heterocycles. The van der Waals surface area contributed by atoms with E-state index in [0.29, 0.717) is 22.6 Å². The van der Waals surface area contributed by atoms with E-state index < -0.39 is 10.6 Å². The van der Waals surface area contributed by atoms with Gasteiger partial charge in [-0.25, -0.2) is 4.79 Å². The Bertz CT molecular complexity index is 1340. The molecule has 0 radical (unpaired) electrons. The number of hydroxylamine groups is 3. The van der Waals surface area contributed by atoms with Gasteiger partial charge in [0.15, 0.2) is 12.3 Å². The number of rotatable bonds is 8. The molecule has 176 valence electrons. The standard InChI is InChI=1S/C28H25N2O5/c31-28-25-14-8-7-13-23(25)17-30(28,33)18-24-15-26(34-19-21-9-3-1-4-10-21)27(16-29(24)32)35-20-22-11-5-2-6-12-22/h1-16,32H,17-20H2/q+1. The number of carbonyl (C=O) groups excluding carboxylic acids is 1. The number of nitrogens with zero attached hydrogens (tertiary/aromatic N) is 2. The summed E-state index contributed by atoms with van der Waals surface area (Å²) in [7, 11) is 0. The SMILES string of the molecule is O=C1c2ccccc2C[N+]1([O-])Cc1cc(OCc2ccccc2)c(OCc2ccccc2)c[n+]1O. The van der Waals surface area contributed by atoms with Gasteiger partial charge in [0.1, 0.15) is 19.8 Å². The van der Waals surface area contributed by atoms with Gasteiger partial charge in [-0.15, -0.1) is 0 Å². The van der Waals surface area contributed by atoms with Gasteiger partial charge >= 0.3 is 5.91 Å². The molecule has 7 heteroatoms. The third kappa shape index (κ3) is 4.87. The number of quaternary nitrogens is 1. The minimum absolute atomic E-state index is 0.0153. The highest BCUT2D eigenvalue weighted by atomic mass is 16.6. The molecular weight excluding hydrogens is 444 g/mol. The van der Waals surface area contributed by atoms with Crippen molar-refractivity contribution in [3.63, 3.8) is 0 Å². The Kier molecular flexibility index (Phi) is 6.18. The normalized spacial score (nSPS) is 16.7. The predicted octanol–water partition coefficient (Wildman–Crippen LogP) is 4.54. The van der Waals surface area contributed by atoms with Crippen LogP contribution in [0.2, 0.25) is 0 Å². The first kappa shape index (κ1) is 22.6. The Morgan fingerprint density at radius 1 is 0.829 bits per heavy atom. The summed E-state index contributed by atoms with van der Waals surface area (Å²) in [6.45, 7) is 0.322. The average Bonchev–Trinajstić information content (AvgIpc) is 3.14. The average molecular weight is 470 g/mol. The van der Waals surface area contributed by atoms with E-state index in [0.717, 1.165) is 15.9 Å². The molecule has 5 rings (SSSR count). The number of fused-ring (bicyclic) bond motifs is 1. The number of carbonyl (C=O) groups is 1. The van der Waals surface area contributed by atoms with Gasteiger partial charge in [-0.3, -0.25) is 9.85 Å². The molecule has 7 nitrogen and oxygen atoms in total. The third-order valence-corrected chi connectivity index (χ3v) is 6.01. The van der Waals surface area contributed by atoms with Crippen LogP contribution in [-0.4, -0.2) is 15.8 Å². The lowest BCUT2D eigenvalue weighted by Crippen LogP contribution is -2.46. The van der Waals surface area contributed by atoms with Crippen LogP contribution in [-0.2, 0) is 26.3 Å². The first-order valence-corrected chi connectivity index (χ1v) is 11.3. The number of ether oxygens (including phenoxy) is 2. The molecule has 0 saturated carbocycles. The molecule has 0 bridgehead atoms. The molecule has 0 spiro atoms. The zero-order valence-corrected chi connectivity index (χ0v) is 19.0. The van der Waals surface area contributed by atoms with Gasteiger partial charge in [-0.05, 0) is 17.2 Å². The Morgan fingerprint density at radius 3 is 2.03 bits per heavy atom. The largest absolute Gasteiger partial charge is 0.624 e. The molecule has 0 fully saturated rings. The van der Waals surface area contributed by atoms with E-state index in [2.05, 4.69) is 0 Å². The maximum atomic E-state index is 13.5. The van der Waals surface area contributed by atoms with Crippen molar-refractivity contribution in [3.05, 3.63) is 130 Å². The number of amides is 1. The molecule has 1 amide bonds. The van der Waals surface area contributed by atoms with Crippen LogP contribution in [0, 0.1) is 5.21 Å². The zero-order valence-electron chi connectivity index (χ0n) is 19.0. The summed E-state index contributed by atoms with van der Waals surface area (Å²) in [5, 5.41) is 24.2. The highest BCUT2D eigenvalue weighted by molar-refractivity contribution is 5.92. The predicted molar refractivity (Wildman–Crippen MR) is 127 cm³/mol. The lowest BCUT2D eigenvalue weighted by molar-refractivity contribution is -0.926. The highest BCUT2D eigenvalue weighted by Crippen LogP contribution is 2.33. The van der Waals surface area contributed by atoms with Crippen molar-refractivity contribution < 1.29 is 28.9 Å². The van der Waals surface area contributed by atoms with Crippen LogP contribution in [0.1, 0.15) is 32.7 Å². The monoisotopic (exact) mass is 469 g/mol. The van der Waals surface area contributed by atoms with Crippen LogP contribution in [0.5, 0.6) is 11.5 Å². The number of pyridine rings is 1. The molecule has 1 unspecified atom stereocenters. The molecule has 0 saturated heterocycles. The number of hydrogen-bond donors (Lipinski definition) is 1. The van der Waals surface area contributed by atoms with Crippen LogP contribution < -0.4 is 14.2 Å². The second-order valence-electron chi connectivity index (χ2n) is 8.55. The number of benzene rings is 3. The minimum Gasteiger partial charge on any atom is -0.624 e. The third-order valence-electron chi connectivity index (χ3n) is 6.01. The summed E-state index contributed by atoms with van der Waals surface area (Å²) in [5.74, 6) is 0.183. The fourth-order valence-electron chi connectivity index (χ4n) is 4.18. The van der Waals surface area contributed by atoms with Gasteiger partial charge in [-0.1, -0.05) is 78.9 Å². The maximum Gasteiger partial charge on any atom is 0.347 e. The molecule has 35 heavy (non-hydrogen) atoms. The van der Waals surface area contributed by atoms with Gasteiger partial charge in [0.05, 0.1) is 11.6 Å². The first-order chi connectivity index (χ1) is 17.0. The van der Waals surface area contributed by atoms with E-state index >= 15 is 0 Å².